The van der Waals surface area contributed by atoms with Crippen LogP contribution in [0, 0.1) is 0 Å². The average molecular weight is 568 g/mol. The lowest BCUT2D eigenvalue weighted by atomic mass is 9.93. The van der Waals surface area contributed by atoms with Gasteiger partial charge in [0.1, 0.15) is 5.75 Å². The van der Waals surface area contributed by atoms with Crippen molar-refractivity contribution in [3.05, 3.63) is 65.5 Å². The summed E-state index contributed by atoms with van der Waals surface area (Å²) < 4.78 is 68.1. The van der Waals surface area contributed by atoms with E-state index in [0.29, 0.717) is 22.1 Å². The molecular formula is C26H28F3N3O4S2. The third kappa shape index (κ3) is 6.41. The minimum absolute atomic E-state index is 0.0702. The number of aromatic nitrogens is 2. The van der Waals surface area contributed by atoms with Gasteiger partial charge in [-0.15, -0.1) is 0 Å². The molecule has 0 N–H and O–H groups in total. The van der Waals surface area contributed by atoms with Gasteiger partial charge in [-0.3, -0.25) is 9.48 Å². The smallest absolute Gasteiger partial charge is 0.416 e. The Bertz CT molecular complexity index is 1310. The summed E-state index contributed by atoms with van der Waals surface area (Å²) in [7, 11) is 2.86. The molecule has 7 nitrogen and oxygen atoms in total. The number of ether oxygens (including phenoxy) is 2. The molecule has 1 aliphatic carbocycles. The molecule has 2 aromatic carbocycles. The third-order valence-corrected chi connectivity index (χ3v) is 8.72. The van der Waals surface area contributed by atoms with E-state index < -0.39 is 22.5 Å². The number of nitrogens with zero attached hydrogens (tertiary/aromatic N) is 3. The van der Waals surface area contributed by atoms with Crippen molar-refractivity contribution >= 4 is 28.7 Å². The van der Waals surface area contributed by atoms with E-state index in [1.165, 1.54) is 26.2 Å². The number of halogens is 3. The zero-order valence-electron chi connectivity index (χ0n) is 21.2. The fourth-order valence-electron chi connectivity index (χ4n) is 4.43. The van der Waals surface area contributed by atoms with Crippen molar-refractivity contribution in [3.8, 4) is 5.75 Å². The van der Waals surface area contributed by atoms with Crippen molar-refractivity contribution in [2.75, 3.05) is 21.3 Å². The highest BCUT2D eigenvalue weighted by molar-refractivity contribution is 7.97. The molecule has 0 radical (unpaired) electrons. The molecule has 0 aliphatic heterocycles. The van der Waals surface area contributed by atoms with Crippen LogP contribution in [0.25, 0.3) is 0 Å². The summed E-state index contributed by atoms with van der Waals surface area (Å²) in [6.45, 7) is 0.403. The molecule has 3 aromatic rings. The lowest BCUT2D eigenvalue weighted by Crippen LogP contribution is -2.23. The van der Waals surface area contributed by atoms with Gasteiger partial charge in [0.05, 0.1) is 49.7 Å². The largest absolute Gasteiger partial charge is 0.497 e. The highest BCUT2D eigenvalue weighted by Crippen LogP contribution is 2.41. The maximum atomic E-state index is 13.8. The zero-order chi connectivity index (χ0) is 27.4. The molecule has 1 aromatic heterocycles. The van der Waals surface area contributed by atoms with Crippen LogP contribution in [0.5, 0.6) is 5.75 Å². The van der Waals surface area contributed by atoms with Crippen LogP contribution in [0.15, 0.2) is 63.3 Å². The molecule has 1 heterocycles. The molecule has 12 heteroatoms. The van der Waals surface area contributed by atoms with Gasteiger partial charge in [0.2, 0.25) is 0 Å². The SMILES string of the molecule is COC(=O)CCn1ncc2c1CCC[C@H]2N(C)Sc1cc(S(=O)c2ccc(OC)cc2)cc(C(F)(F)F)c1. The van der Waals surface area contributed by atoms with Gasteiger partial charge in [0, 0.05) is 32.0 Å². The Balaban J connectivity index is 1.59. The second kappa shape index (κ2) is 11.9. The van der Waals surface area contributed by atoms with Crippen LogP contribution in [-0.2, 0) is 39.5 Å². The third-order valence-electron chi connectivity index (χ3n) is 6.37. The Morgan fingerprint density at radius 3 is 2.58 bits per heavy atom. The maximum absolute atomic E-state index is 13.8. The van der Waals surface area contributed by atoms with Gasteiger partial charge in [-0.05, 0) is 80.7 Å². The predicted molar refractivity (Wildman–Crippen MR) is 137 cm³/mol. The molecule has 2 atom stereocenters. The predicted octanol–water partition coefficient (Wildman–Crippen LogP) is 5.66. The van der Waals surface area contributed by atoms with E-state index in [2.05, 4.69) is 5.10 Å². The summed E-state index contributed by atoms with van der Waals surface area (Å²) in [5.41, 5.74) is 1.15. The second-order valence-electron chi connectivity index (χ2n) is 8.78. The molecule has 1 unspecified atom stereocenters. The summed E-state index contributed by atoms with van der Waals surface area (Å²) >= 11 is 1.18. The minimum atomic E-state index is -4.59. The molecule has 0 saturated carbocycles. The molecule has 0 bridgehead atoms. The van der Waals surface area contributed by atoms with Gasteiger partial charge in [-0.25, -0.2) is 8.51 Å². The fraction of sp³-hybridized carbons (Fsp3) is 0.385. The Hall–Kier alpha value is -2.83. The van der Waals surface area contributed by atoms with Crippen LogP contribution >= 0.6 is 11.9 Å². The van der Waals surface area contributed by atoms with E-state index >= 15 is 0 Å². The standard InChI is InChI=1S/C26H28F3N3O4S2/c1-31(23-5-4-6-24-22(23)16-30-32(24)12-11-25(33)36-3)37-19-13-17(26(27,28)29)14-21(15-19)38(34)20-9-7-18(35-2)8-10-20/h7-10,13-16,23H,4-6,11-12H2,1-3H3/t23-,38?/m1/s1. The average Bonchev–Trinajstić information content (AvgIpc) is 3.33. The topological polar surface area (TPSA) is 73.7 Å². The molecule has 0 spiro atoms. The zero-order valence-corrected chi connectivity index (χ0v) is 22.8. The first-order valence-electron chi connectivity index (χ1n) is 11.9. The highest BCUT2D eigenvalue weighted by Gasteiger charge is 2.33. The number of rotatable bonds is 9. The van der Waals surface area contributed by atoms with Crippen LogP contribution in [0.2, 0.25) is 0 Å². The molecule has 0 saturated heterocycles. The van der Waals surface area contributed by atoms with Gasteiger partial charge < -0.3 is 9.47 Å². The molecule has 1 aliphatic rings. The number of carbonyl (C=O) groups excluding carboxylic acids is 1. The normalized spacial score (nSPS) is 16.2. The summed E-state index contributed by atoms with van der Waals surface area (Å²) in [5.74, 6) is 0.245. The number of benzene rings is 2. The van der Waals surface area contributed by atoms with Gasteiger partial charge in [-0.1, -0.05) is 0 Å². The monoisotopic (exact) mass is 567 g/mol. The van der Waals surface area contributed by atoms with E-state index in [-0.39, 0.29) is 23.3 Å². The number of aryl methyl sites for hydroxylation is 1. The number of alkyl halides is 3. The van der Waals surface area contributed by atoms with E-state index in [4.69, 9.17) is 9.47 Å². The Morgan fingerprint density at radius 2 is 1.92 bits per heavy atom. The van der Waals surface area contributed by atoms with Gasteiger partial charge in [0.15, 0.2) is 0 Å². The first-order chi connectivity index (χ1) is 18.1. The van der Waals surface area contributed by atoms with E-state index in [1.807, 2.05) is 11.4 Å². The number of hydrogen-bond donors (Lipinski definition) is 0. The van der Waals surface area contributed by atoms with Crippen molar-refractivity contribution in [2.45, 2.75) is 59.1 Å². The Morgan fingerprint density at radius 1 is 1.18 bits per heavy atom. The van der Waals surface area contributed by atoms with E-state index in [9.17, 15) is 22.2 Å². The van der Waals surface area contributed by atoms with Crippen LogP contribution in [-0.4, -0.2) is 45.5 Å². The lowest BCUT2D eigenvalue weighted by Gasteiger charge is -2.30. The van der Waals surface area contributed by atoms with Crippen LogP contribution < -0.4 is 4.74 Å². The summed E-state index contributed by atoms with van der Waals surface area (Å²) in [6, 6.07) is 9.88. The Kier molecular flexibility index (Phi) is 8.84. The first-order valence-corrected chi connectivity index (χ1v) is 13.8. The van der Waals surface area contributed by atoms with Crippen LogP contribution in [0.3, 0.4) is 0 Å². The molecule has 0 fully saturated rings. The fourth-order valence-corrected chi connectivity index (χ4v) is 6.66. The number of carbonyl (C=O) groups is 1. The molecule has 38 heavy (non-hydrogen) atoms. The minimum Gasteiger partial charge on any atom is -0.497 e. The first kappa shape index (κ1) is 28.2. The van der Waals surface area contributed by atoms with Crippen LogP contribution in [0.4, 0.5) is 13.2 Å². The summed E-state index contributed by atoms with van der Waals surface area (Å²) in [6.07, 6.45) is -0.126. The molecule has 4 rings (SSSR count). The summed E-state index contributed by atoms with van der Waals surface area (Å²) in [5, 5.41) is 4.45. The van der Waals surface area contributed by atoms with Crippen LogP contribution in [0.1, 0.15) is 42.1 Å². The van der Waals surface area contributed by atoms with Crippen molar-refractivity contribution < 1.29 is 31.6 Å². The quantitative estimate of drug-likeness (QED) is 0.244. The second-order valence-corrected chi connectivity index (χ2v) is 11.5. The van der Waals surface area contributed by atoms with Gasteiger partial charge >= 0.3 is 12.1 Å². The number of esters is 1. The van der Waals surface area contributed by atoms with Crippen molar-refractivity contribution in [3.63, 3.8) is 0 Å². The maximum Gasteiger partial charge on any atom is 0.416 e. The number of hydrogen-bond acceptors (Lipinski definition) is 7. The van der Waals surface area contributed by atoms with Crippen molar-refractivity contribution in [1.29, 1.82) is 0 Å². The lowest BCUT2D eigenvalue weighted by molar-refractivity contribution is -0.141. The Labute approximate surface area is 225 Å². The van der Waals surface area contributed by atoms with Crippen molar-refractivity contribution in [2.24, 2.45) is 0 Å². The van der Waals surface area contributed by atoms with Crippen molar-refractivity contribution in [1.82, 2.24) is 14.1 Å². The molecule has 204 valence electrons. The molecular weight excluding hydrogens is 539 g/mol. The van der Waals surface area contributed by atoms with E-state index in [0.717, 1.165) is 42.7 Å². The highest BCUT2D eigenvalue weighted by atomic mass is 32.2. The van der Waals surface area contributed by atoms with Gasteiger partial charge in [-0.2, -0.15) is 18.3 Å². The molecule has 0 amide bonds. The van der Waals surface area contributed by atoms with E-state index in [1.54, 1.807) is 41.2 Å². The van der Waals surface area contributed by atoms with Gasteiger partial charge in [0.25, 0.3) is 0 Å². The number of methoxy groups -OCH3 is 2. The number of fused-ring (bicyclic) bond motifs is 1. The summed E-state index contributed by atoms with van der Waals surface area (Å²) in [4.78, 5) is 12.3.